The minimum Gasteiger partial charge on any atom is -0.308 e. The van der Waals surface area contributed by atoms with Crippen LogP contribution in [0.3, 0.4) is 0 Å². The molecule has 1 aliphatic rings. The summed E-state index contributed by atoms with van der Waals surface area (Å²) in [5.41, 5.74) is 11.5. The Morgan fingerprint density at radius 1 is 0.429 bits per heavy atom. The van der Waals surface area contributed by atoms with E-state index in [9.17, 15) is 0 Å². The van der Waals surface area contributed by atoms with Crippen molar-refractivity contribution in [2.45, 2.75) is 38.5 Å². The van der Waals surface area contributed by atoms with Gasteiger partial charge in [-0.05, 0) is 57.3 Å². The molecule has 0 saturated heterocycles. The fourth-order valence-electron chi connectivity index (χ4n) is 7.83. The maximum atomic E-state index is 5.13. The van der Waals surface area contributed by atoms with Gasteiger partial charge in [-0.2, -0.15) is 0 Å². The highest BCUT2D eigenvalue weighted by molar-refractivity contribution is 6.17. The first-order valence-corrected chi connectivity index (χ1v) is 17.0. The second-order valence-electron chi connectivity index (χ2n) is 14.1. The standard InChI is InChI=1S/C45H36N4/c1-44(2)34-24-14-11-21-31(34)39-35(45(44,3)4)27-28-38-40(39)32-22-12-15-25-36(32)49(38)37-26-16-13-23-33(37)43-47-41(29-17-7-5-8-18-29)46-42(48-43)30-19-9-6-10-20-30/h5-28H,1-4H3. The lowest BCUT2D eigenvalue weighted by Gasteiger charge is -2.48. The number of aromatic nitrogens is 4. The van der Waals surface area contributed by atoms with E-state index in [-0.39, 0.29) is 10.8 Å². The molecule has 236 valence electrons. The zero-order valence-electron chi connectivity index (χ0n) is 28.1. The molecule has 4 heteroatoms. The van der Waals surface area contributed by atoms with E-state index in [0.717, 1.165) is 27.9 Å². The maximum Gasteiger partial charge on any atom is 0.166 e. The molecule has 0 spiro atoms. The number of nitrogens with zero attached hydrogens (tertiary/aromatic N) is 4. The average molecular weight is 633 g/mol. The molecule has 0 aliphatic heterocycles. The molecule has 0 saturated carbocycles. The molecule has 0 amide bonds. The van der Waals surface area contributed by atoms with E-state index in [1.807, 2.05) is 36.4 Å². The van der Waals surface area contributed by atoms with Gasteiger partial charge in [-0.15, -0.1) is 0 Å². The molecule has 0 radical (unpaired) electrons. The van der Waals surface area contributed by atoms with Gasteiger partial charge in [-0.3, -0.25) is 0 Å². The van der Waals surface area contributed by atoms with Gasteiger partial charge in [0.15, 0.2) is 17.5 Å². The molecule has 0 unspecified atom stereocenters. The number of para-hydroxylation sites is 2. The normalized spacial score (nSPS) is 14.4. The number of rotatable bonds is 4. The van der Waals surface area contributed by atoms with Gasteiger partial charge in [-0.1, -0.05) is 149 Å². The van der Waals surface area contributed by atoms with E-state index in [1.54, 1.807) is 0 Å². The third-order valence-corrected chi connectivity index (χ3v) is 11.0. The van der Waals surface area contributed by atoms with Crippen LogP contribution in [0.4, 0.5) is 0 Å². The van der Waals surface area contributed by atoms with Crippen LogP contribution in [0.15, 0.2) is 146 Å². The Hall–Kier alpha value is -5.87. The molecule has 6 aromatic carbocycles. The van der Waals surface area contributed by atoms with Crippen LogP contribution in [0.5, 0.6) is 0 Å². The van der Waals surface area contributed by atoms with Crippen LogP contribution in [0.25, 0.3) is 72.8 Å². The van der Waals surface area contributed by atoms with Gasteiger partial charge in [-0.25, -0.2) is 15.0 Å². The summed E-state index contributed by atoms with van der Waals surface area (Å²) >= 11 is 0. The lowest BCUT2D eigenvalue weighted by atomic mass is 9.55. The fourth-order valence-corrected chi connectivity index (χ4v) is 7.83. The summed E-state index contributed by atoms with van der Waals surface area (Å²) < 4.78 is 2.41. The van der Waals surface area contributed by atoms with E-state index < -0.39 is 0 Å². The molecule has 8 aromatic rings. The zero-order chi connectivity index (χ0) is 33.3. The second kappa shape index (κ2) is 10.8. The van der Waals surface area contributed by atoms with Gasteiger partial charge in [0, 0.05) is 27.5 Å². The van der Waals surface area contributed by atoms with E-state index >= 15 is 0 Å². The van der Waals surface area contributed by atoms with Crippen LogP contribution in [0, 0.1) is 0 Å². The Kier molecular flexibility index (Phi) is 6.47. The predicted molar refractivity (Wildman–Crippen MR) is 202 cm³/mol. The Balaban J connectivity index is 1.35. The summed E-state index contributed by atoms with van der Waals surface area (Å²) in [5.74, 6) is 1.94. The Labute approximate surface area is 286 Å². The highest BCUT2D eigenvalue weighted by Crippen LogP contribution is 2.56. The van der Waals surface area contributed by atoms with Crippen molar-refractivity contribution >= 4 is 21.8 Å². The molecule has 0 atom stereocenters. The summed E-state index contributed by atoms with van der Waals surface area (Å²) in [6.45, 7) is 9.58. The highest BCUT2D eigenvalue weighted by Gasteiger charge is 2.46. The van der Waals surface area contributed by atoms with Gasteiger partial charge >= 0.3 is 0 Å². The summed E-state index contributed by atoms with van der Waals surface area (Å²) in [5, 5.41) is 2.52. The molecule has 0 fully saturated rings. The van der Waals surface area contributed by atoms with Crippen LogP contribution in [0.2, 0.25) is 0 Å². The van der Waals surface area contributed by atoms with E-state index in [1.165, 1.54) is 38.5 Å². The second-order valence-corrected chi connectivity index (χ2v) is 14.1. The van der Waals surface area contributed by atoms with Crippen molar-refractivity contribution in [1.29, 1.82) is 0 Å². The Morgan fingerprint density at radius 2 is 0.959 bits per heavy atom. The van der Waals surface area contributed by atoms with Crippen molar-refractivity contribution in [2.24, 2.45) is 0 Å². The largest absolute Gasteiger partial charge is 0.308 e. The zero-order valence-corrected chi connectivity index (χ0v) is 28.1. The van der Waals surface area contributed by atoms with Crippen molar-refractivity contribution in [1.82, 2.24) is 19.5 Å². The molecule has 1 aliphatic carbocycles. The Morgan fingerprint density at radius 3 is 1.65 bits per heavy atom. The molecular formula is C45H36N4. The molecular weight excluding hydrogens is 597 g/mol. The average Bonchev–Trinajstić information content (AvgIpc) is 3.49. The Bertz CT molecular complexity index is 2480. The number of benzene rings is 6. The van der Waals surface area contributed by atoms with Crippen molar-refractivity contribution < 1.29 is 0 Å². The lowest BCUT2D eigenvalue weighted by Crippen LogP contribution is -2.43. The lowest BCUT2D eigenvalue weighted by molar-refractivity contribution is 0.299. The van der Waals surface area contributed by atoms with E-state index in [2.05, 4.69) is 141 Å². The number of hydrogen-bond donors (Lipinski definition) is 0. The summed E-state index contributed by atoms with van der Waals surface area (Å²) in [7, 11) is 0. The topological polar surface area (TPSA) is 43.6 Å². The summed E-state index contributed by atoms with van der Waals surface area (Å²) in [6.07, 6.45) is 0. The number of fused-ring (bicyclic) bond motifs is 7. The van der Waals surface area contributed by atoms with Crippen molar-refractivity contribution in [3.8, 4) is 51.0 Å². The predicted octanol–water partition coefficient (Wildman–Crippen LogP) is 11.2. The number of hydrogen-bond acceptors (Lipinski definition) is 3. The highest BCUT2D eigenvalue weighted by atomic mass is 15.1. The van der Waals surface area contributed by atoms with E-state index in [4.69, 9.17) is 15.0 Å². The van der Waals surface area contributed by atoms with Gasteiger partial charge in [0.1, 0.15) is 0 Å². The monoisotopic (exact) mass is 632 g/mol. The molecule has 2 heterocycles. The first kappa shape index (κ1) is 29.3. The SMILES string of the molecule is CC1(C)c2ccccc2-c2c(ccc3c2c2ccccc2n3-c2ccccc2-c2nc(-c3ccccc3)nc(-c3ccccc3)n2)C1(C)C. The van der Waals surface area contributed by atoms with Crippen LogP contribution in [0.1, 0.15) is 38.8 Å². The molecule has 9 rings (SSSR count). The fraction of sp³-hybridized carbons (Fsp3) is 0.133. The third-order valence-electron chi connectivity index (χ3n) is 11.0. The van der Waals surface area contributed by atoms with Crippen LogP contribution < -0.4 is 0 Å². The quantitative estimate of drug-likeness (QED) is 0.194. The third kappa shape index (κ3) is 4.33. The summed E-state index contributed by atoms with van der Waals surface area (Å²) in [4.78, 5) is 15.2. The molecule has 49 heavy (non-hydrogen) atoms. The van der Waals surface area contributed by atoms with Gasteiger partial charge < -0.3 is 4.57 Å². The van der Waals surface area contributed by atoms with Crippen LogP contribution in [-0.2, 0) is 10.8 Å². The minimum absolute atomic E-state index is 0.0408. The molecule has 4 nitrogen and oxygen atoms in total. The van der Waals surface area contributed by atoms with Crippen LogP contribution >= 0.6 is 0 Å². The van der Waals surface area contributed by atoms with Gasteiger partial charge in [0.2, 0.25) is 0 Å². The van der Waals surface area contributed by atoms with Gasteiger partial charge in [0.05, 0.1) is 16.7 Å². The van der Waals surface area contributed by atoms with Crippen LogP contribution in [-0.4, -0.2) is 19.5 Å². The first-order valence-electron chi connectivity index (χ1n) is 17.0. The van der Waals surface area contributed by atoms with E-state index in [0.29, 0.717) is 17.5 Å². The smallest absolute Gasteiger partial charge is 0.166 e. The van der Waals surface area contributed by atoms with Crippen molar-refractivity contribution in [3.63, 3.8) is 0 Å². The molecule has 2 aromatic heterocycles. The maximum absolute atomic E-state index is 5.13. The van der Waals surface area contributed by atoms with Crippen molar-refractivity contribution in [3.05, 3.63) is 157 Å². The minimum atomic E-state index is -0.0848. The molecule has 0 bridgehead atoms. The van der Waals surface area contributed by atoms with Gasteiger partial charge in [0.25, 0.3) is 0 Å². The summed E-state index contributed by atoms with van der Waals surface area (Å²) in [6, 6.07) is 51.3. The van der Waals surface area contributed by atoms with Crippen molar-refractivity contribution in [2.75, 3.05) is 0 Å². The molecule has 0 N–H and O–H groups in total. The first-order chi connectivity index (χ1) is 23.8.